The molecule has 388 valence electrons. The predicted molar refractivity (Wildman–Crippen MR) is 262 cm³/mol. The van der Waals surface area contributed by atoms with Crippen LogP contribution in [-0.2, 0) is 52.4 Å². The Morgan fingerprint density at radius 2 is 1.09 bits per heavy atom. The predicted octanol–water partition coefficient (Wildman–Crippen LogP) is 3.64. The summed E-state index contributed by atoms with van der Waals surface area (Å²) in [5, 5.41) is 28.6. The summed E-state index contributed by atoms with van der Waals surface area (Å²) in [7, 11) is 12.6. The van der Waals surface area contributed by atoms with Gasteiger partial charge >= 0.3 is 18.2 Å². The largest absolute Gasteiger partial charge is 0.444 e. The Morgan fingerprint density at radius 3 is 1.44 bits per heavy atom. The average molecular weight is 1040 g/mol. The van der Waals surface area contributed by atoms with Crippen molar-refractivity contribution in [2.75, 3.05) is 92.6 Å². The van der Waals surface area contributed by atoms with E-state index in [9.17, 15) is 33.9 Å². The van der Waals surface area contributed by atoms with E-state index in [1.165, 1.54) is 57.0 Å². The van der Waals surface area contributed by atoms with Crippen molar-refractivity contribution in [2.45, 2.75) is 87.8 Å². The zero-order valence-electron chi connectivity index (χ0n) is 40.1. The number of aromatic nitrogens is 2. The Balaban J connectivity index is 0. The Hall–Kier alpha value is -3.80. The summed E-state index contributed by atoms with van der Waals surface area (Å²) < 4.78 is 28.5. The van der Waals surface area contributed by atoms with Gasteiger partial charge in [0.15, 0.2) is 0 Å². The molecule has 4 atom stereocenters. The fourth-order valence-corrected chi connectivity index (χ4v) is 7.48. The lowest BCUT2D eigenvalue weighted by atomic mass is 10.3. The van der Waals surface area contributed by atoms with Gasteiger partial charge in [0, 0.05) is 97.8 Å². The van der Waals surface area contributed by atoms with E-state index in [0.717, 1.165) is 62.7 Å². The Kier molecular flexibility index (Phi) is 44.5. The van der Waals surface area contributed by atoms with Crippen LogP contribution < -0.4 is 21.7 Å². The molecule has 4 unspecified atom stereocenters. The lowest BCUT2D eigenvalue weighted by molar-refractivity contribution is -0.197. The molecule has 0 bridgehead atoms. The van der Waals surface area contributed by atoms with Gasteiger partial charge in [0.05, 0.1) is 45.1 Å². The number of hydroxylamine groups is 2. The number of carbonyl (C=O) groups excluding carboxylic acids is 6. The molecule has 0 aliphatic carbocycles. The summed E-state index contributed by atoms with van der Waals surface area (Å²) in [6.45, 7) is 12.8. The van der Waals surface area contributed by atoms with Crippen molar-refractivity contribution in [1.29, 1.82) is 0 Å². The standard InChI is InChI=1S/C13H18N2O4S2.C12H12N2O4S2.2C6H15NO2.C5H11NO3/c1-9(16)10(2)19-13(18)15-11(17)6-8-20-21-12-5-3-4-7-14-12;15-10-4-5-11(16)14(10)18-12(17)6-8-19-20-9-3-1-2-7-13-9;2*1-8-5-3-7-4-6-9-2;1-3(7)4(2)9-5(6)8/h3-5,7,9-10,16H,6,8H2,1-2H3,(H,15,17,18);1-3,7H,4-6,8H2;2*7H,3-6H2,1-2H3;3-4,7H,1-2H3,(H2,6,8). The first kappa shape index (κ1) is 66.3. The summed E-state index contributed by atoms with van der Waals surface area (Å²) >= 11 is 0. The number of hydrogen-bond acceptors (Lipinski definition) is 23. The van der Waals surface area contributed by atoms with Crippen LogP contribution in [0.5, 0.6) is 0 Å². The number of nitrogens with two attached hydrogens (primary N) is 1. The molecule has 1 fully saturated rings. The highest BCUT2D eigenvalue weighted by Gasteiger charge is 2.32. The van der Waals surface area contributed by atoms with Crippen molar-refractivity contribution in [3.8, 4) is 0 Å². The minimum Gasteiger partial charge on any atom is -0.444 e. The van der Waals surface area contributed by atoms with E-state index in [1.54, 1.807) is 54.7 Å². The van der Waals surface area contributed by atoms with E-state index in [-0.39, 0.29) is 25.7 Å². The third-order valence-corrected chi connectivity index (χ3v) is 12.2. The fraction of sp³-hybridized carbons (Fsp3) is 0.619. The SMILES string of the molecule is CC(O)C(C)OC(=O)NC(=O)CCSSc1ccccn1.CC(O)C(C)OC(N)=O.COCCNCCOC.COCCNCCOC.O=C(CCSSc1ccccn1)ON1C(=O)CCC1=O. The van der Waals surface area contributed by atoms with Crippen LogP contribution in [-0.4, -0.2) is 178 Å². The van der Waals surface area contributed by atoms with E-state index in [1.807, 2.05) is 36.4 Å². The number of nitrogens with zero attached hydrogens (tertiary/aromatic N) is 3. The van der Waals surface area contributed by atoms with Crippen LogP contribution in [0.4, 0.5) is 9.59 Å². The number of alkyl carbamates (subject to hydrolysis) is 1. The van der Waals surface area contributed by atoms with Crippen LogP contribution in [0.2, 0.25) is 0 Å². The number of amides is 5. The van der Waals surface area contributed by atoms with Gasteiger partial charge in [-0.2, -0.15) is 0 Å². The van der Waals surface area contributed by atoms with Gasteiger partial charge < -0.3 is 59.8 Å². The van der Waals surface area contributed by atoms with Gasteiger partial charge in [-0.3, -0.25) is 19.7 Å². The number of primary amides is 1. The zero-order chi connectivity index (χ0) is 51.4. The number of imide groups is 2. The highest BCUT2D eigenvalue weighted by molar-refractivity contribution is 8.77. The minimum absolute atomic E-state index is 0.108. The zero-order valence-corrected chi connectivity index (χ0v) is 43.3. The topological polar surface area (TPSA) is 299 Å². The minimum atomic E-state index is -0.858. The van der Waals surface area contributed by atoms with E-state index >= 15 is 0 Å². The number of rotatable bonds is 27. The quantitative estimate of drug-likeness (QED) is 0.0423. The van der Waals surface area contributed by atoms with Crippen molar-refractivity contribution in [3.05, 3.63) is 48.8 Å². The molecule has 0 spiro atoms. The third kappa shape index (κ3) is 41.2. The van der Waals surface area contributed by atoms with E-state index < -0.39 is 60.3 Å². The highest BCUT2D eigenvalue weighted by atomic mass is 33.1. The van der Waals surface area contributed by atoms with Gasteiger partial charge in [-0.25, -0.2) is 24.4 Å². The summed E-state index contributed by atoms with van der Waals surface area (Å²) in [5.41, 5.74) is 4.66. The van der Waals surface area contributed by atoms with Crippen molar-refractivity contribution in [1.82, 2.24) is 31.0 Å². The maximum Gasteiger partial charge on any atom is 0.414 e. The molecule has 2 aromatic heterocycles. The number of ether oxygens (including phenoxy) is 6. The van der Waals surface area contributed by atoms with Crippen molar-refractivity contribution < 1.29 is 72.2 Å². The average Bonchev–Trinajstić information content (AvgIpc) is 3.62. The molecule has 0 aromatic carbocycles. The summed E-state index contributed by atoms with van der Waals surface area (Å²) in [6, 6.07) is 11.2. The van der Waals surface area contributed by atoms with E-state index in [2.05, 4.69) is 36.4 Å². The number of aliphatic hydroxyl groups is 2. The van der Waals surface area contributed by atoms with Crippen molar-refractivity contribution in [3.63, 3.8) is 0 Å². The molecular weight excluding hydrogens is 971 g/mol. The second kappa shape index (κ2) is 45.6. The van der Waals surface area contributed by atoms with Gasteiger partial charge in [-0.05, 0) is 73.5 Å². The van der Waals surface area contributed by atoms with Crippen LogP contribution in [0.15, 0.2) is 58.8 Å². The number of carbonyl (C=O) groups is 6. The number of methoxy groups -OCH3 is 4. The first-order valence-electron chi connectivity index (χ1n) is 21.2. The van der Waals surface area contributed by atoms with Crippen LogP contribution in [0.25, 0.3) is 0 Å². The van der Waals surface area contributed by atoms with Gasteiger partial charge in [0.25, 0.3) is 11.8 Å². The van der Waals surface area contributed by atoms with Gasteiger partial charge in [0.1, 0.15) is 22.3 Å². The van der Waals surface area contributed by atoms with Crippen molar-refractivity contribution in [2.24, 2.45) is 5.73 Å². The molecule has 0 radical (unpaired) electrons. The van der Waals surface area contributed by atoms with E-state index in [4.69, 9.17) is 33.6 Å². The molecule has 1 aliphatic rings. The molecule has 3 rings (SSSR count). The van der Waals surface area contributed by atoms with Crippen molar-refractivity contribution >= 4 is 79.1 Å². The van der Waals surface area contributed by atoms with E-state index in [0.29, 0.717) is 16.6 Å². The molecule has 68 heavy (non-hydrogen) atoms. The molecule has 1 aliphatic heterocycles. The first-order chi connectivity index (χ1) is 32.5. The molecule has 5 amide bonds. The second-order valence-corrected chi connectivity index (χ2v) is 18.3. The van der Waals surface area contributed by atoms with Crippen LogP contribution >= 0.6 is 43.2 Å². The van der Waals surface area contributed by atoms with Crippen LogP contribution in [0, 0.1) is 0 Å². The highest BCUT2D eigenvalue weighted by Crippen LogP contribution is 2.30. The van der Waals surface area contributed by atoms with Crippen LogP contribution in [0.3, 0.4) is 0 Å². The summed E-state index contributed by atoms with van der Waals surface area (Å²) in [5.74, 6) is -0.852. The molecule has 3 heterocycles. The molecule has 22 nitrogen and oxygen atoms in total. The molecule has 7 N–H and O–H groups in total. The summed E-state index contributed by atoms with van der Waals surface area (Å²) in [6.07, 6.45) is -0.393. The number of nitrogens with one attached hydrogen (secondary N) is 3. The Labute approximate surface area is 415 Å². The Bertz CT molecular complexity index is 1570. The monoisotopic (exact) mass is 1040 g/mol. The molecule has 0 saturated carbocycles. The maximum absolute atomic E-state index is 11.5. The van der Waals surface area contributed by atoms with Gasteiger partial charge in [-0.1, -0.05) is 33.7 Å². The first-order valence-corrected chi connectivity index (χ1v) is 25.8. The molecule has 1 saturated heterocycles. The van der Waals surface area contributed by atoms with Crippen LogP contribution in [0.1, 0.15) is 53.4 Å². The Morgan fingerprint density at radius 1 is 0.676 bits per heavy atom. The summed E-state index contributed by atoms with van der Waals surface area (Å²) in [4.78, 5) is 79.8. The smallest absolute Gasteiger partial charge is 0.414 e. The number of hydrogen-bond donors (Lipinski definition) is 6. The molecule has 2 aromatic rings. The second-order valence-electron chi connectivity index (χ2n) is 13.4. The molecular formula is C42H71N7O15S4. The number of aliphatic hydroxyl groups excluding tert-OH is 2. The fourth-order valence-electron chi connectivity index (χ4n) is 3.76. The number of pyridine rings is 2. The normalized spacial score (nSPS) is 13.2. The third-order valence-electron chi connectivity index (χ3n) is 7.69. The van der Waals surface area contributed by atoms with Gasteiger partial charge in [-0.15, -0.1) is 5.06 Å². The van der Waals surface area contributed by atoms with Gasteiger partial charge in [0.2, 0.25) is 5.91 Å². The molecule has 26 heteroatoms. The lowest BCUT2D eigenvalue weighted by Crippen LogP contribution is -2.36. The lowest BCUT2D eigenvalue weighted by Gasteiger charge is -2.15. The maximum atomic E-state index is 11.5.